The van der Waals surface area contributed by atoms with Crippen LogP contribution < -0.4 is 0 Å². The van der Waals surface area contributed by atoms with Crippen molar-refractivity contribution in [3.05, 3.63) is 29.8 Å². The number of furan rings is 1. The number of carboxylic acids is 1. The molecule has 2 heterocycles. The van der Waals surface area contributed by atoms with Gasteiger partial charge in [-0.2, -0.15) is 11.8 Å². The van der Waals surface area contributed by atoms with Crippen molar-refractivity contribution in [3.63, 3.8) is 0 Å². The molecule has 1 unspecified atom stereocenters. The Labute approximate surface area is 159 Å². The first-order chi connectivity index (χ1) is 12.3. The first-order valence-electron chi connectivity index (χ1n) is 9.12. The Morgan fingerprint density at radius 2 is 2.15 bits per heavy atom. The van der Waals surface area contributed by atoms with Crippen molar-refractivity contribution in [2.75, 3.05) is 12.0 Å². The lowest BCUT2D eigenvalue weighted by Gasteiger charge is -2.29. The second-order valence-corrected chi connectivity index (χ2v) is 8.11. The predicted octanol–water partition coefficient (Wildman–Crippen LogP) is 4.16. The Bertz CT molecular complexity index is 744. The highest BCUT2D eigenvalue weighted by atomic mass is 32.2. The molecule has 144 valence electrons. The van der Waals surface area contributed by atoms with E-state index in [-0.39, 0.29) is 6.42 Å². The lowest BCUT2D eigenvalue weighted by molar-refractivity contribution is -0.163. The molecule has 5 nitrogen and oxygen atoms in total. The summed E-state index contributed by atoms with van der Waals surface area (Å²) in [5, 5.41) is 21.3. The number of aliphatic carboxylic acids is 1. The van der Waals surface area contributed by atoms with E-state index in [0.717, 1.165) is 30.4 Å². The van der Waals surface area contributed by atoms with Gasteiger partial charge in [0.1, 0.15) is 11.3 Å². The van der Waals surface area contributed by atoms with Gasteiger partial charge in [0.2, 0.25) is 0 Å². The average Bonchev–Trinajstić information content (AvgIpc) is 3.03. The van der Waals surface area contributed by atoms with Crippen LogP contribution in [0, 0.1) is 11.8 Å². The number of carbonyl (C=O) groups is 1. The van der Waals surface area contributed by atoms with Gasteiger partial charge in [0.25, 0.3) is 0 Å². The van der Waals surface area contributed by atoms with E-state index < -0.39 is 17.5 Å². The molecule has 0 spiro atoms. The van der Waals surface area contributed by atoms with Gasteiger partial charge in [-0.25, -0.2) is 4.79 Å². The molecule has 2 rings (SSSR count). The van der Waals surface area contributed by atoms with E-state index in [0.29, 0.717) is 22.9 Å². The van der Waals surface area contributed by atoms with Crippen LogP contribution in [-0.4, -0.2) is 38.8 Å². The minimum Gasteiger partial charge on any atom is -0.479 e. The summed E-state index contributed by atoms with van der Waals surface area (Å²) in [7, 11) is 0. The quantitative estimate of drug-likeness (QED) is 0.645. The molecular formula is C20H29NO4S. The van der Waals surface area contributed by atoms with Crippen LogP contribution in [0.3, 0.4) is 0 Å². The Morgan fingerprint density at radius 3 is 2.77 bits per heavy atom. The molecule has 0 bridgehead atoms. The number of aromatic nitrogens is 1. The Morgan fingerprint density at radius 1 is 1.42 bits per heavy atom. The zero-order valence-electron chi connectivity index (χ0n) is 16.0. The molecule has 0 radical (unpaired) electrons. The molecule has 0 aromatic carbocycles. The van der Waals surface area contributed by atoms with Gasteiger partial charge >= 0.3 is 5.97 Å². The summed E-state index contributed by atoms with van der Waals surface area (Å²) in [4.78, 5) is 16.1. The van der Waals surface area contributed by atoms with Crippen molar-refractivity contribution in [3.8, 4) is 0 Å². The van der Waals surface area contributed by atoms with Gasteiger partial charge in [-0.3, -0.25) is 4.98 Å². The average molecular weight is 380 g/mol. The lowest BCUT2D eigenvalue weighted by Crippen LogP contribution is -2.48. The van der Waals surface area contributed by atoms with Gasteiger partial charge in [0, 0.05) is 30.3 Å². The molecule has 0 aliphatic rings. The number of rotatable bonds is 10. The molecule has 26 heavy (non-hydrogen) atoms. The van der Waals surface area contributed by atoms with Crippen LogP contribution in [0.5, 0.6) is 0 Å². The van der Waals surface area contributed by atoms with Crippen molar-refractivity contribution in [2.24, 2.45) is 11.8 Å². The molecule has 0 saturated carbocycles. The second kappa shape index (κ2) is 8.91. The third kappa shape index (κ3) is 4.60. The number of hydrogen-bond acceptors (Lipinski definition) is 5. The van der Waals surface area contributed by atoms with E-state index in [1.165, 1.54) is 11.8 Å². The number of thioether (sulfide) groups is 1. The third-order valence-electron chi connectivity index (χ3n) is 5.20. The molecule has 0 amide bonds. The van der Waals surface area contributed by atoms with Crippen molar-refractivity contribution in [1.29, 1.82) is 0 Å². The van der Waals surface area contributed by atoms with Gasteiger partial charge in [-0.05, 0) is 36.5 Å². The van der Waals surface area contributed by atoms with Crippen LogP contribution in [0.25, 0.3) is 11.0 Å². The predicted molar refractivity (Wildman–Crippen MR) is 106 cm³/mol. The molecule has 2 aromatic rings. The van der Waals surface area contributed by atoms with Crippen molar-refractivity contribution >= 4 is 28.7 Å². The first-order valence-corrected chi connectivity index (χ1v) is 10.5. The number of hydrogen-bond donors (Lipinski definition) is 2. The number of aryl methyl sites for hydroxylation is 1. The van der Waals surface area contributed by atoms with Gasteiger partial charge in [0.15, 0.2) is 5.60 Å². The van der Waals surface area contributed by atoms with Crippen LogP contribution in [0.1, 0.15) is 45.1 Å². The van der Waals surface area contributed by atoms with Crippen LogP contribution in [-0.2, 0) is 17.6 Å². The fraction of sp³-hybridized carbons (Fsp3) is 0.600. The van der Waals surface area contributed by atoms with Gasteiger partial charge < -0.3 is 14.6 Å². The maximum atomic E-state index is 11.8. The Kier molecular flexibility index (Phi) is 7.12. The normalized spacial score (nSPS) is 16.3. The molecule has 2 aromatic heterocycles. The summed E-state index contributed by atoms with van der Waals surface area (Å²) in [6.45, 7) is 6.15. The highest BCUT2D eigenvalue weighted by molar-refractivity contribution is 7.98. The maximum Gasteiger partial charge on any atom is 0.336 e. The van der Waals surface area contributed by atoms with E-state index in [4.69, 9.17) is 4.42 Å². The Balaban J connectivity index is 2.30. The van der Waals surface area contributed by atoms with E-state index >= 15 is 0 Å². The zero-order valence-corrected chi connectivity index (χ0v) is 16.8. The number of nitrogens with zero attached hydrogens (tertiary/aromatic N) is 1. The van der Waals surface area contributed by atoms with Gasteiger partial charge in [-0.15, -0.1) is 0 Å². The first kappa shape index (κ1) is 20.8. The molecular weight excluding hydrogens is 350 g/mol. The summed E-state index contributed by atoms with van der Waals surface area (Å²) in [6, 6.07) is 3.73. The molecule has 0 saturated heterocycles. The van der Waals surface area contributed by atoms with E-state index in [2.05, 4.69) is 18.8 Å². The Hall–Kier alpha value is -1.53. The van der Waals surface area contributed by atoms with Crippen LogP contribution >= 0.6 is 11.8 Å². The fourth-order valence-electron chi connectivity index (χ4n) is 3.03. The largest absolute Gasteiger partial charge is 0.479 e. The van der Waals surface area contributed by atoms with E-state index in [9.17, 15) is 15.0 Å². The smallest absolute Gasteiger partial charge is 0.336 e. The molecule has 0 aliphatic heterocycles. The van der Waals surface area contributed by atoms with Crippen molar-refractivity contribution in [1.82, 2.24) is 4.98 Å². The lowest BCUT2D eigenvalue weighted by atomic mass is 9.85. The zero-order chi connectivity index (χ0) is 19.3. The summed E-state index contributed by atoms with van der Waals surface area (Å²) in [5.41, 5.74) is -0.586. The van der Waals surface area contributed by atoms with E-state index in [1.807, 2.05) is 12.3 Å². The monoisotopic (exact) mass is 379 g/mol. The maximum absolute atomic E-state index is 11.8. The van der Waals surface area contributed by atoms with Gasteiger partial charge in [-0.1, -0.05) is 27.2 Å². The van der Waals surface area contributed by atoms with Crippen LogP contribution in [0.15, 0.2) is 22.7 Å². The number of aliphatic hydroxyl groups is 1. The molecule has 0 fully saturated rings. The summed E-state index contributed by atoms with van der Waals surface area (Å²) in [6.07, 6.45) is 6.49. The topological polar surface area (TPSA) is 83.6 Å². The number of fused-ring (bicyclic) bond motifs is 1. The third-order valence-corrected chi connectivity index (χ3v) is 6.03. The summed E-state index contributed by atoms with van der Waals surface area (Å²) < 4.78 is 5.91. The van der Waals surface area contributed by atoms with Crippen LogP contribution in [0.2, 0.25) is 0 Å². The van der Waals surface area contributed by atoms with Crippen molar-refractivity contribution in [2.45, 2.75) is 52.1 Å². The molecule has 3 atom stereocenters. The highest BCUT2D eigenvalue weighted by Gasteiger charge is 2.42. The molecule has 6 heteroatoms. The minimum atomic E-state index is -1.85. The molecule has 0 aliphatic carbocycles. The van der Waals surface area contributed by atoms with Gasteiger partial charge in [0.05, 0.1) is 5.69 Å². The standard InChI is InChI=1S/C20H29NO4S/c1-5-13(2)6-7-15-10-16-17(21-9-8-18(16)25-15)11-20(24,19(22)23)14(3)12-26-4/h8-10,13-14,24H,5-7,11-12H2,1-4H3,(H,22,23)/t13?,14-,20+/m0/s1. The van der Waals surface area contributed by atoms with Crippen molar-refractivity contribution < 1.29 is 19.4 Å². The van der Waals surface area contributed by atoms with Crippen LogP contribution in [0.4, 0.5) is 0 Å². The fourth-order valence-corrected chi connectivity index (χ4v) is 3.81. The highest BCUT2D eigenvalue weighted by Crippen LogP contribution is 2.30. The second-order valence-electron chi connectivity index (χ2n) is 7.20. The molecule has 2 N–H and O–H groups in total. The SMILES string of the molecule is CCC(C)CCc1cc2c(C[C@](O)(C(=O)O)[C@@H](C)CSC)nccc2o1. The number of pyridine rings is 1. The minimum absolute atomic E-state index is 0.0360. The van der Waals surface area contributed by atoms with E-state index in [1.54, 1.807) is 19.2 Å². The summed E-state index contributed by atoms with van der Waals surface area (Å²) in [5.74, 6) is 0.461. The summed E-state index contributed by atoms with van der Waals surface area (Å²) >= 11 is 1.52. The number of carboxylic acid groups (broad SMARTS) is 1.